The number of carbonyl (C=O) groups excluding carboxylic acids is 2. The van der Waals surface area contributed by atoms with Gasteiger partial charge in [0.05, 0.1) is 18.1 Å². The zero-order valence-electron chi connectivity index (χ0n) is 33.6. The van der Waals surface area contributed by atoms with E-state index in [1.54, 1.807) is 6.08 Å². The average Bonchev–Trinajstić information content (AvgIpc) is 3.50. The second-order valence-corrected chi connectivity index (χ2v) is 19.7. The number of carbonyl (C=O) groups is 2. The Morgan fingerprint density at radius 3 is 2.02 bits per heavy atom. The van der Waals surface area contributed by atoms with E-state index in [0.717, 1.165) is 62.7 Å². The highest BCUT2D eigenvalue weighted by Gasteiger charge is 2.65. The Hall–Kier alpha value is -1.72. The van der Waals surface area contributed by atoms with Crippen LogP contribution in [0.1, 0.15) is 119 Å². The van der Waals surface area contributed by atoms with Crippen molar-refractivity contribution in [1.29, 1.82) is 0 Å². The molecular formula is C41H71F3N2O5S. The van der Waals surface area contributed by atoms with Crippen molar-refractivity contribution < 1.29 is 35.9 Å². The molecule has 7 unspecified atom stereocenters. The second kappa shape index (κ2) is 18.7. The maximum atomic E-state index is 12.0. The summed E-state index contributed by atoms with van der Waals surface area (Å²) < 4.78 is 60.9. The van der Waals surface area contributed by atoms with Gasteiger partial charge < -0.3 is 24.5 Å². The van der Waals surface area contributed by atoms with Crippen molar-refractivity contribution in [3.05, 3.63) is 24.5 Å². The third kappa shape index (κ3) is 10.1. The molecule has 0 aromatic heterocycles. The minimum atomic E-state index is -4.00. The molecule has 5 aliphatic carbocycles. The Morgan fingerprint density at radius 2 is 1.48 bits per heavy atom. The molecular weight excluding hydrogens is 690 g/mol. The topological polar surface area (TPSA) is 92.8 Å². The zero-order valence-corrected chi connectivity index (χ0v) is 34.4. The molecule has 5 fully saturated rings. The van der Waals surface area contributed by atoms with Crippen LogP contribution in [-0.2, 0) is 24.2 Å². The number of allylic oxidation sites excluding steroid dienone is 3. The highest BCUT2D eigenvalue weighted by atomic mass is 32.2. The van der Waals surface area contributed by atoms with Gasteiger partial charge in [-0.3, -0.25) is 0 Å². The molecule has 0 radical (unpaired) electrons. The van der Waals surface area contributed by atoms with Gasteiger partial charge in [-0.15, -0.1) is 6.58 Å². The van der Waals surface area contributed by atoms with Crippen molar-refractivity contribution in [2.45, 2.75) is 136 Å². The van der Waals surface area contributed by atoms with E-state index in [9.17, 15) is 21.6 Å². The number of sulfone groups is 1. The largest absolute Gasteiger partial charge is 0.501 e. The third-order valence-electron chi connectivity index (χ3n) is 14.3. The molecule has 0 aromatic rings. The third-order valence-corrected chi connectivity index (χ3v) is 16.0. The number of methoxy groups -OCH3 is 1. The summed E-state index contributed by atoms with van der Waals surface area (Å²) >= 11 is 0. The molecule has 0 aromatic carbocycles. The van der Waals surface area contributed by atoms with Gasteiger partial charge in [-0.05, 0) is 137 Å². The van der Waals surface area contributed by atoms with Crippen LogP contribution in [0.15, 0.2) is 24.5 Å². The zero-order chi connectivity index (χ0) is 39.8. The highest BCUT2D eigenvalue weighted by molar-refractivity contribution is 7.91. The molecule has 1 N–H and O–H groups in total. The number of fused-ring (bicyclic) bond motifs is 7. The van der Waals surface area contributed by atoms with Crippen molar-refractivity contribution in [1.82, 2.24) is 10.2 Å². The molecule has 4 saturated carbocycles. The number of likely N-dealkylation sites (tertiary alicyclic amines) is 1. The molecule has 0 amide bonds. The SMILES string of the molecule is C=CC.C=O.C=O.CC(F)(F)F.COC1=CCC2(C)C(CCC3(C)C4CCC5(NCCN6CCC(S(C)(=O)=O)CC6)CCC[C@@H]5C4CCC32)C1(C)C. The monoisotopic (exact) mass is 761 g/mol. The van der Waals surface area contributed by atoms with Crippen molar-refractivity contribution >= 4 is 23.4 Å². The molecule has 0 spiro atoms. The van der Waals surface area contributed by atoms with Gasteiger partial charge in [-0.1, -0.05) is 40.2 Å². The van der Waals surface area contributed by atoms with Crippen LogP contribution in [0.2, 0.25) is 0 Å². The quantitative estimate of drug-likeness (QED) is 0.271. The first-order chi connectivity index (χ1) is 24.3. The maximum Gasteiger partial charge on any atom is 0.386 e. The average molecular weight is 761 g/mol. The highest BCUT2D eigenvalue weighted by Crippen LogP contribution is 2.72. The van der Waals surface area contributed by atoms with E-state index in [1.165, 1.54) is 76.2 Å². The Balaban J connectivity index is 0.000000692. The molecule has 6 aliphatic rings. The number of hydrogen-bond acceptors (Lipinski definition) is 7. The first kappa shape index (κ1) is 46.4. The van der Waals surface area contributed by atoms with Crippen molar-refractivity contribution in [2.24, 2.45) is 45.8 Å². The lowest BCUT2D eigenvalue weighted by Crippen LogP contribution is -2.64. The van der Waals surface area contributed by atoms with Crippen LogP contribution < -0.4 is 5.32 Å². The van der Waals surface area contributed by atoms with Crippen LogP contribution >= 0.6 is 0 Å². The predicted octanol–water partition coefficient (Wildman–Crippen LogP) is 8.83. The first-order valence-electron chi connectivity index (χ1n) is 19.4. The summed E-state index contributed by atoms with van der Waals surface area (Å²) in [6.07, 6.45) is 16.9. The van der Waals surface area contributed by atoms with E-state index in [0.29, 0.717) is 22.3 Å². The van der Waals surface area contributed by atoms with Gasteiger partial charge in [0.2, 0.25) is 0 Å². The van der Waals surface area contributed by atoms with Gasteiger partial charge in [-0.2, -0.15) is 13.2 Å². The summed E-state index contributed by atoms with van der Waals surface area (Å²) in [6, 6.07) is 0. The molecule has 1 heterocycles. The maximum absolute atomic E-state index is 12.0. The Bertz CT molecular complexity index is 1280. The summed E-state index contributed by atoms with van der Waals surface area (Å²) in [4.78, 5) is 18.5. The molecule has 6 rings (SSSR count). The van der Waals surface area contributed by atoms with E-state index < -0.39 is 16.0 Å². The molecule has 11 heteroatoms. The fourth-order valence-corrected chi connectivity index (χ4v) is 13.5. The van der Waals surface area contributed by atoms with E-state index in [4.69, 9.17) is 14.3 Å². The normalized spacial score (nSPS) is 36.6. The minimum Gasteiger partial charge on any atom is -0.501 e. The number of ether oxygens (including phenoxy) is 1. The second-order valence-electron chi connectivity index (χ2n) is 17.4. The van der Waals surface area contributed by atoms with E-state index in [2.05, 4.69) is 50.6 Å². The van der Waals surface area contributed by atoms with Crippen LogP contribution in [-0.4, -0.2) is 83.4 Å². The molecule has 7 nitrogen and oxygen atoms in total. The van der Waals surface area contributed by atoms with Crippen LogP contribution in [0.25, 0.3) is 0 Å². The van der Waals surface area contributed by atoms with E-state index >= 15 is 0 Å². The van der Waals surface area contributed by atoms with Gasteiger partial charge in [-0.25, -0.2) is 8.42 Å². The van der Waals surface area contributed by atoms with Crippen molar-refractivity contribution in [3.63, 3.8) is 0 Å². The van der Waals surface area contributed by atoms with Crippen molar-refractivity contribution in [2.75, 3.05) is 39.5 Å². The molecule has 302 valence electrons. The Morgan fingerprint density at radius 1 is 0.904 bits per heavy atom. The lowest BCUT2D eigenvalue weighted by molar-refractivity contribution is -0.180. The van der Waals surface area contributed by atoms with Gasteiger partial charge >= 0.3 is 6.18 Å². The van der Waals surface area contributed by atoms with Gasteiger partial charge in [0, 0.05) is 37.2 Å². The summed E-state index contributed by atoms with van der Waals surface area (Å²) in [7, 11) is -1.02. The molecule has 8 atom stereocenters. The van der Waals surface area contributed by atoms with Gasteiger partial charge in [0.25, 0.3) is 0 Å². The Kier molecular flexibility index (Phi) is 16.7. The summed E-state index contributed by atoms with van der Waals surface area (Å²) in [5.74, 6) is 5.38. The van der Waals surface area contributed by atoms with E-state index in [-0.39, 0.29) is 17.6 Å². The molecule has 1 saturated heterocycles. The number of alkyl halides is 3. The van der Waals surface area contributed by atoms with Crippen molar-refractivity contribution in [3.8, 4) is 0 Å². The first-order valence-corrected chi connectivity index (χ1v) is 21.3. The predicted molar refractivity (Wildman–Crippen MR) is 206 cm³/mol. The lowest BCUT2D eigenvalue weighted by atomic mass is 9.37. The number of rotatable bonds is 6. The fourth-order valence-electron chi connectivity index (χ4n) is 12.5. The molecule has 0 bridgehead atoms. The number of nitrogens with zero attached hydrogens (tertiary/aromatic N) is 1. The van der Waals surface area contributed by atoms with Gasteiger partial charge in [0.1, 0.15) is 23.4 Å². The van der Waals surface area contributed by atoms with E-state index in [1.807, 2.05) is 27.6 Å². The van der Waals surface area contributed by atoms with Crippen LogP contribution in [0.3, 0.4) is 0 Å². The lowest BCUT2D eigenvalue weighted by Gasteiger charge is -2.68. The number of halogens is 3. The van der Waals surface area contributed by atoms with Gasteiger partial charge in [0.15, 0.2) is 0 Å². The minimum absolute atomic E-state index is 0.128. The fraction of sp³-hybridized carbons (Fsp3) is 0.854. The standard InChI is InChI=1S/C34H58N2O3S.C3H6.C2H3F3.2CH2O/c1-31(2)28-12-17-32(3)26-11-19-34(35-20-23-36-21-14-24(15-22-36)40(6,37)38)16-7-8-27(34)25(26)9-10-29(32)33(28,4)18-13-30(31)39-5;1-3-2;1-2(3,4)5;2*1-2/h13,24-29,35H,7-12,14-23H2,1-6H3;3H,1H2,2H3;1H3;2*1H2/t25?,26?,27-,28?,29?,32?,33?,34?;;;;/m1..../s1. The van der Waals surface area contributed by atoms with Crippen LogP contribution in [0.4, 0.5) is 13.2 Å². The Labute approximate surface area is 314 Å². The molecule has 52 heavy (non-hydrogen) atoms. The summed E-state index contributed by atoms with van der Waals surface area (Å²) in [5.41, 5.74) is 1.34. The number of nitrogens with one attached hydrogen (secondary N) is 1. The smallest absolute Gasteiger partial charge is 0.386 e. The van der Waals surface area contributed by atoms with Crippen LogP contribution in [0, 0.1) is 45.8 Å². The number of piperidine rings is 1. The summed E-state index contributed by atoms with van der Waals surface area (Å²) in [6.45, 7) is 23.7. The van der Waals surface area contributed by atoms with Crippen LogP contribution in [0.5, 0.6) is 0 Å². The number of hydrogen-bond donors (Lipinski definition) is 1. The molecule has 1 aliphatic heterocycles. The summed E-state index contributed by atoms with van der Waals surface area (Å²) in [5, 5.41) is 4.07.